The summed E-state index contributed by atoms with van der Waals surface area (Å²) in [6.45, 7) is 0. The Labute approximate surface area is 157 Å². The molecule has 4 atom stereocenters. The Morgan fingerprint density at radius 2 is 1.89 bits per heavy atom. The number of aliphatic hydroxyl groups excluding tert-OH is 2. The lowest BCUT2D eigenvalue weighted by atomic mass is 10.1. The van der Waals surface area contributed by atoms with Crippen LogP contribution >= 0.6 is 0 Å². The molecule has 1 aromatic carbocycles. The van der Waals surface area contributed by atoms with E-state index in [-0.39, 0.29) is 6.10 Å². The number of aliphatic hydroxyl groups is 2. The molecule has 5 N–H and O–H groups in total. The van der Waals surface area contributed by atoms with Gasteiger partial charge in [-0.05, 0) is 24.0 Å². The summed E-state index contributed by atoms with van der Waals surface area (Å²) in [5.41, 5.74) is 8.16. The first kappa shape index (κ1) is 17.9. The van der Waals surface area contributed by atoms with Gasteiger partial charge in [0.05, 0.1) is 11.8 Å². The molecule has 0 bridgehead atoms. The summed E-state index contributed by atoms with van der Waals surface area (Å²) in [5.74, 6) is 0.968. The van der Waals surface area contributed by atoms with Crippen LogP contribution in [0.3, 0.4) is 0 Å². The predicted octanol–water partition coefficient (Wildman–Crippen LogP) is 1.89. The average molecular weight is 368 g/mol. The summed E-state index contributed by atoms with van der Waals surface area (Å²) in [7, 11) is 0. The SMILES string of the molecule is Nc1c(/C=C/c2ccccc2)ncnc1N[C@@H]1O[C@H](CC2CC2)[C@@H](O)[C@H]1O. The number of nitrogen functional groups attached to an aromatic ring is 1. The van der Waals surface area contributed by atoms with Crippen LogP contribution in [0.4, 0.5) is 11.5 Å². The van der Waals surface area contributed by atoms with E-state index in [0.29, 0.717) is 23.1 Å². The van der Waals surface area contributed by atoms with Crippen LogP contribution in [0.5, 0.6) is 0 Å². The summed E-state index contributed by atoms with van der Waals surface area (Å²) < 4.78 is 5.82. The number of nitrogens with one attached hydrogen (secondary N) is 1. The van der Waals surface area contributed by atoms with Gasteiger partial charge in [0, 0.05) is 0 Å². The largest absolute Gasteiger partial charge is 0.394 e. The van der Waals surface area contributed by atoms with E-state index in [1.807, 2.05) is 42.5 Å². The highest BCUT2D eigenvalue weighted by Gasteiger charge is 2.44. The zero-order chi connectivity index (χ0) is 18.8. The molecule has 7 nitrogen and oxygen atoms in total. The molecule has 1 saturated carbocycles. The highest BCUT2D eigenvalue weighted by atomic mass is 16.6. The second-order valence-electron chi connectivity index (χ2n) is 7.16. The van der Waals surface area contributed by atoms with Crippen molar-refractivity contribution in [3.63, 3.8) is 0 Å². The van der Waals surface area contributed by atoms with E-state index in [9.17, 15) is 10.2 Å². The second kappa shape index (κ2) is 7.64. The molecule has 0 unspecified atom stereocenters. The average Bonchev–Trinajstić information content (AvgIpc) is 3.46. The van der Waals surface area contributed by atoms with Crippen LogP contribution in [0.15, 0.2) is 36.7 Å². The van der Waals surface area contributed by atoms with E-state index in [1.54, 1.807) is 0 Å². The monoisotopic (exact) mass is 368 g/mol. The van der Waals surface area contributed by atoms with E-state index in [2.05, 4.69) is 15.3 Å². The van der Waals surface area contributed by atoms with Gasteiger partial charge in [-0.1, -0.05) is 49.2 Å². The van der Waals surface area contributed by atoms with E-state index in [0.717, 1.165) is 24.8 Å². The summed E-state index contributed by atoms with van der Waals surface area (Å²) in [6.07, 6.45) is 5.15. The van der Waals surface area contributed by atoms with Crippen LogP contribution < -0.4 is 11.1 Å². The highest BCUT2D eigenvalue weighted by molar-refractivity contribution is 5.78. The molecule has 1 saturated heterocycles. The zero-order valence-corrected chi connectivity index (χ0v) is 14.9. The van der Waals surface area contributed by atoms with Gasteiger partial charge in [0.15, 0.2) is 12.0 Å². The molecule has 27 heavy (non-hydrogen) atoms. The quantitative estimate of drug-likeness (QED) is 0.616. The van der Waals surface area contributed by atoms with Crippen LogP contribution in [0.1, 0.15) is 30.5 Å². The molecule has 2 heterocycles. The Morgan fingerprint density at radius 1 is 1.11 bits per heavy atom. The number of anilines is 2. The Balaban J connectivity index is 1.47. The summed E-state index contributed by atoms with van der Waals surface area (Å²) in [6, 6.07) is 9.83. The maximum atomic E-state index is 10.3. The fourth-order valence-electron chi connectivity index (χ4n) is 3.28. The van der Waals surface area contributed by atoms with Crippen molar-refractivity contribution >= 4 is 23.7 Å². The number of ether oxygens (including phenoxy) is 1. The molecule has 0 amide bonds. The fraction of sp³-hybridized carbons (Fsp3) is 0.400. The number of rotatable bonds is 6. The number of nitrogens with zero attached hydrogens (tertiary/aromatic N) is 2. The van der Waals surface area contributed by atoms with Gasteiger partial charge in [0.2, 0.25) is 0 Å². The van der Waals surface area contributed by atoms with Crippen LogP contribution in [-0.4, -0.2) is 44.7 Å². The van der Waals surface area contributed by atoms with E-state index >= 15 is 0 Å². The molecule has 4 rings (SSSR count). The molecule has 1 aromatic heterocycles. The molecule has 1 aliphatic heterocycles. The van der Waals surface area contributed by atoms with Gasteiger partial charge in [-0.15, -0.1) is 0 Å². The number of aromatic nitrogens is 2. The number of benzene rings is 1. The molecule has 0 spiro atoms. The summed E-state index contributed by atoms with van der Waals surface area (Å²) >= 11 is 0. The first-order valence-electron chi connectivity index (χ1n) is 9.23. The molecule has 2 aromatic rings. The Morgan fingerprint density at radius 3 is 2.63 bits per heavy atom. The van der Waals surface area contributed by atoms with Gasteiger partial charge in [-0.25, -0.2) is 9.97 Å². The van der Waals surface area contributed by atoms with Crippen molar-refractivity contribution in [2.75, 3.05) is 11.1 Å². The molecule has 142 valence electrons. The topological polar surface area (TPSA) is 114 Å². The van der Waals surface area contributed by atoms with Gasteiger partial charge in [0.1, 0.15) is 24.2 Å². The minimum Gasteiger partial charge on any atom is -0.394 e. The van der Waals surface area contributed by atoms with Crippen molar-refractivity contribution in [1.82, 2.24) is 9.97 Å². The third-order valence-corrected chi connectivity index (χ3v) is 5.05. The Bertz CT molecular complexity index is 810. The number of hydrogen-bond donors (Lipinski definition) is 4. The Hall–Kier alpha value is -2.48. The zero-order valence-electron chi connectivity index (χ0n) is 14.9. The van der Waals surface area contributed by atoms with Crippen LogP contribution in [0.25, 0.3) is 12.2 Å². The van der Waals surface area contributed by atoms with Crippen molar-refractivity contribution in [3.05, 3.63) is 47.9 Å². The first-order chi connectivity index (χ1) is 13.1. The van der Waals surface area contributed by atoms with Crippen molar-refractivity contribution < 1.29 is 14.9 Å². The van der Waals surface area contributed by atoms with E-state index in [1.165, 1.54) is 6.33 Å². The lowest BCUT2D eigenvalue weighted by Gasteiger charge is -2.18. The van der Waals surface area contributed by atoms with Gasteiger partial charge < -0.3 is 26.0 Å². The molecule has 7 heteroatoms. The molecular formula is C20H24N4O3. The normalized spacial score (nSPS) is 27.9. The van der Waals surface area contributed by atoms with Gasteiger partial charge in [-0.3, -0.25) is 0 Å². The van der Waals surface area contributed by atoms with E-state index < -0.39 is 18.4 Å². The smallest absolute Gasteiger partial charge is 0.158 e. The second-order valence-corrected chi connectivity index (χ2v) is 7.16. The molecule has 2 fully saturated rings. The standard InChI is InChI=1S/C20H24N4O3/c21-16-14(9-8-12-4-2-1-3-5-12)22-11-23-19(16)24-20-18(26)17(25)15(27-20)10-13-6-7-13/h1-5,8-9,11,13,15,17-18,20,25-26H,6-7,10,21H2,(H,22,23,24)/b9-8+/t15-,17-,18-,20-/m1/s1. The maximum Gasteiger partial charge on any atom is 0.158 e. The number of nitrogens with two attached hydrogens (primary N) is 1. The van der Waals surface area contributed by atoms with Crippen molar-refractivity contribution in [2.24, 2.45) is 5.92 Å². The highest BCUT2D eigenvalue weighted by Crippen LogP contribution is 2.38. The van der Waals surface area contributed by atoms with Crippen LogP contribution in [-0.2, 0) is 4.74 Å². The lowest BCUT2D eigenvalue weighted by molar-refractivity contribution is 0.0103. The van der Waals surface area contributed by atoms with Gasteiger partial charge in [0.25, 0.3) is 0 Å². The third-order valence-electron chi connectivity index (χ3n) is 5.05. The van der Waals surface area contributed by atoms with Crippen molar-refractivity contribution in [1.29, 1.82) is 0 Å². The maximum absolute atomic E-state index is 10.3. The van der Waals surface area contributed by atoms with Gasteiger partial charge in [-0.2, -0.15) is 0 Å². The lowest BCUT2D eigenvalue weighted by Crippen LogP contribution is -2.36. The minimum atomic E-state index is -1.04. The van der Waals surface area contributed by atoms with Crippen LogP contribution in [0, 0.1) is 5.92 Å². The van der Waals surface area contributed by atoms with Crippen molar-refractivity contribution in [3.8, 4) is 0 Å². The number of hydrogen-bond acceptors (Lipinski definition) is 7. The molecular weight excluding hydrogens is 344 g/mol. The third kappa shape index (κ3) is 4.10. The van der Waals surface area contributed by atoms with Crippen LogP contribution in [0.2, 0.25) is 0 Å². The Kier molecular flexibility index (Phi) is 5.07. The molecule has 0 radical (unpaired) electrons. The molecule has 1 aliphatic carbocycles. The minimum absolute atomic E-state index is 0.362. The fourth-order valence-corrected chi connectivity index (χ4v) is 3.28. The van der Waals surface area contributed by atoms with E-state index in [4.69, 9.17) is 10.5 Å². The predicted molar refractivity (Wildman–Crippen MR) is 103 cm³/mol. The van der Waals surface area contributed by atoms with Gasteiger partial charge >= 0.3 is 0 Å². The first-order valence-corrected chi connectivity index (χ1v) is 9.23. The summed E-state index contributed by atoms with van der Waals surface area (Å²) in [4.78, 5) is 8.37. The summed E-state index contributed by atoms with van der Waals surface area (Å²) in [5, 5.41) is 23.5. The molecule has 2 aliphatic rings. The van der Waals surface area contributed by atoms with Crippen molar-refractivity contribution in [2.45, 2.75) is 43.8 Å².